The van der Waals surface area contributed by atoms with Crippen LogP contribution in [0, 0.1) is 19.8 Å². The summed E-state index contributed by atoms with van der Waals surface area (Å²) in [6.45, 7) is 4.98. The molecule has 0 bridgehead atoms. The lowest BCUT2D eigenvalue weighted by Crippen LogP contribution is -2.41. The number of aliphatic hydroxyl groups is 1. The Bertz CT molecular complexity index is 528. The van der Waals surface area contributed by atoms with E-state index in [0.717, 1.165) is 24.1 Å². The average Bonchev–Trinajstić information content (AvgIpc) is 2.37. The molecule has 19 heavy (non-hydrogen) atoms. The number of nitrogens with one attached hydrogen (secondary N) is 1. The number of pyridine rings is 1. The lowest BCUT2D eigenvalue weighted by atomic mass is 9.97. The van der Waals surface area contributed by atoms with Crippen molar-refractivity contribution >= 4 is 5.91 Å². The third kappa shape index (κ3) is 2.87. The van der Waals surface area contributed by atoms with Crippen molar-refractivity contribution in [3.63, 3.8) is 0 Å². The van der Waals surface area contributed by atoms with Crippen molar-refractivity contribution in [3.8, 4) is 0 Å². The van der Waals surface area contributed by atoms with Gasteiger partial charge < -0.3 is 15.0 Å². The number of amides is 1. The van der Waals surface area contributed by atoms with Crippen LogP contribution in [0.2, 0.25) is 0 Å². The Morgan fingerprint density at radius 2 is 2.05 bits per heavy atom. The summed E-state index contributed by atoms with van der Waals surface area (Å²) in [5, 5.41) is 9.09. The van der Waals surface area contributed by atoms with Crippen LogP contribution < -0.4 is 5.56 Å². The fourth-order valence-corrected chi connectivity index (χ4v) is 2.60. The fourth-order valence-electron chi connectivity index (χ4n) is 2.60. The predicted octanol–water partition coefficient (Wildman–Crippen LogP) is 0.836. The Kier molecular flexibility index (Phi) is 4.04. The van der Waals surface area contributed by atoms with E-state index in [2.05, 4.69) is 4.98 Å². The molecule has 5 heteroatoms. The van der Waals surface area contributed by atoms with Crippen molar-refractivity contribution in [2.75, 3.05) is 19.7 Å². The quantitative estimate of drug-likeness (QED) is 0.831. The molecule has 0 aliphatic carbocycles. The normalized spacial score (nSPS) is 16.7. The van der Waals surface area contributed by atoms with Crippen LogP contribution in [0.15, 0.2) is 10.9 Å². The van der Waals surface area contributed by atoms with Crippen molar-refractivity contribution < 1.29 is 9.90 Å². The summed E-state index contributed by atoms with van der Waals surface area (Å²) in [6, 6.07) is 1.81. The maximum absolute atomic E-state index is 12.4. The molecule has 2 rings (SSSR count). The average molecular weight is 264 g/mol. The molecule has 1 saturated heterocycles. The first-order chi connectivity index (χ1) is 9.02. The Hall–Kier alpha value is -1.62. The molecule has 1 fully saturated rings. The maximum Gasteiger partial charge on any atom is 0.261 e. The Labute approximate surface area is 112 Å². The molecule has 1 aromatic rings. The predicted molar refractivity (Wildman–Crippen MR) is 72.3 cm³/mol. The first kappa shape index (κ1) is 13.8. The second-order valence-corrected chi connectivity index (χ2v) is 5.26. The summed E-state index contributed by atoms with van der Waals surface area (Å²) in [5.41, 5.74) is 1.41. The topological polar surface area (TPSA) is 73.4 Å². The minimum atomic E-state index is -0.313. The fraction of sp³-hybridized carbons (Fsp3) is 0.571. The molecule has 0 saturated carbocycles. The SMILES string of the molecule is Cc1cc(C)c(C(=O)N2CCC(CO)CC2)c(=O)[nH]1. The van der Waals surface area contributed by atoms with Crippen LogP contribution in [0.5, 0.6) is 0 Å². The van der Waals surface area contributed by atoms with E-state index in [-0.39, 0.29) is 29.6 Å². The third-order valence-electron chi connectivity index (χ3n) is 3.74. The second-order valence-electron chi connectivity index (χ2n) is 5.26. The van der Waals surface area contributed by atoms with Gasteiger partial charge in [0.15, 0.2) is 0 Å². The number of aromatic amines is 1. The van der Waals surface area contributed by atoms with E-state index < -0.39 is 0 Å². The molecule has 1 amide bonds. The molecule has 0 atom stereocenters. The number of nitrogens with zero attached hydrogens (tertiary/aromatic N) is 1. The number of H-pyrrole nitrogens is 1. The highest BCUT2D eigenvalue weighted by Crippen LogP contribution is 2.18. The second kappa shape index (κ2) is 5.57. The number of piperidine rings is 1. The van der Waals surface area contributed by atoms with Crippen molar-refractivity contribution in [3.05, 3.63) is 33.2 Å². The van der Waals surface area contributed by atoms with E-state index in [1.165, 1.54) is 0 Å². The smallest absolute Gasteiger partial charge is 0.261 e. The van der Waals surface area contributed by atoms with Gasteiger partial charge in [-0.15, -0.1) is 0 Å². The van der Waals surface area contributed by atoms with Gasteiger partial charge in [0.2, 0.25) is 0 Å². The van der Waals surface area contributed by atoms with Crippen LogP contribution in [0.3, 0.4) is 0 Å². The van der Waals surface area contributed by atoms with Gasteiger partial charge in [0, 0.05) is 25.4 Å². The van der Waals surface area contributed by atoms with E-state index in [1.807, 2.05) is 6.07 Å². The van der Waals surface area contributed by atoms with Gasteiger partial charge in [0.05, 0.1) is 0 Å². The third-order valence-corrected chi connectivity index (χ3v) is 3.74. The molecule has 0 spiro atoms. The molecule has 0 aromatic carbocycles. The van der Waals surface area contributed by atoms with E-state index in [1.54, 1.807) is 18.7 Å². The van der Waals surface area contributed by atoms with E-state index in [9.17, 15) is 9.59 Å². The standard InChI is InChI=1S/C14H20N2O3/c1-9-7-10(2)15-13(18)12(9)14(19)16-5-3-11(8-17)4-6-16/h7,11,17H,3-6,8H2,1-2H3,(H,15,18). The number of carbonyl (C=O) groups is 1. The van der Waals surface area contributed by atoms with Gasteiger partial charge in [-0.2, -0.15) is 0 Å². The number of hydrogen-bond donors (Lipinski definition) is 2. The minimum Gasteiger partial charge on any atom is -0.396 e. The van der Waals surface area contributed by atoms with Crippen molar-refractivity contribution in [2.24, 2.45) is 5.92 Å². The van der Waals surface area contributed by atoms with Gasteiger partial charge in [-0.1, -0.05) is 0 Å². The molecule has 1 aliphatic heterocycles. The number of likely N-dealkylation sites (tertiary alicyclic amines) is 1. The van der Waals surface area contributed by atoms with Gasteiger partial charge in [0.25, 0.3) is 11.5 Å². The molecular weight excluding hydrogens is 244 g/mol. The molecule has 104 valence electrons. The number of aryl methyl sites for hydroxylation is 2. The Morgan fingerprint density at radius 1 is 1.42 bits per heavy atom. The largest absolute Gasteiger partial charge is 0.396 e. The van der Waals surface area contributed by atoms with Crippen LogP contribution in [-0.4, -0.2) is 40.6 Å². The van der Waals surface area contributed by atoms with Crippen LogP contribution in [0.25, 0.3) is 0 Å². The molecule has 5 nitrogen and oxygen atoms in total. The summed E-state index contributed by atoms with van der Waals surface area (Å²) >= 11 is 0. The van der Waals surface area contributed by atoms with Gasteiger partial charge in [-0.3, -0.25) is 9.59 Å². The first-order valence-electron chi connectivity index (χ1n) is 6.63. The summed E-state index contributed by atoms with van der Waals surface area (Å²) < 4.78 is 0. The van der Waals surface area contributed by atoms with Gasteiger partial charge >= 0.3 is 0 Å². The van der Waals surface area contributed by atoms with Gasteiger partial charge in [0.1, 0.15) is 5.56 Å². The maximum atomic E-state index is 12.4. The van der Waals surface area contributed by atoms with Crippen LogP contribution in [-0.2, 0) is 0 Å². The number of aliphatic hydroxyl groups excluding tert-OH is 1. The molecule has 2 heterocycles. The summed E-state index contributed by atoms with van der Waals surface area (Å²) in [7, 11) is 0. The molecule has 1 aliphatic rings. The monoisotopic (exact) mass is 264 g/mol. The van der Waals surface area contributed by atoms with Crippen molar-refractivity contribution in [1.29, 1.82) is 0 Å². The number of carbonyl (C=O) groups excluding carboxylic acids is 1. The highest BCUT2D eigenvalue weighted by molar-refractivity contribution is 5.95. The Balaban J connectivity index is 2.19. The molecule has 1 aromatic heterocycles. The Morgan fingerprint density at radius 3 is 2.58 bits per heavy atom. The summed E-state index contributed by atoms with van der Waals surface area (Å²) in [6.07, 6.45) is 1.59. The lowest BCUT2D eigenvalue weighted by molar-refractivity contribution is 0.0648. The zero-order valence-electron chi connectivity index (χ0n) is 11.4. The molecule has 0 unspecified atom stereocenters. The first-order valence-corrected chi connectivity index (χ1v) is 6.63. The van der Waals surface area contributed by atoms with Crippen molar-refractivity contribution in [1.82, 2.24) is 9.88 Å². The highest BCUT2D eigenvalue weighted by atomic mass is 16.3. The van der Waals surface area contributed by atoms with Crippen LogP contribution >= 0.6 is 0 Å². The molecule has 0 radical (unpaired) electrons. The van der Waals surface area contributed by atoms with Crippen LogP contribution in [0.4, 0.5) is 0 Å². The highest BCUT2D eigenvalue weighted by Gasteiger charge is 2.25. The zero-order chi connectivity index (χ0) is 14.0. The van der Waals surface area contributed by atoms with Crippen molar-refractivity contribution in [2.45, 2.75) is 26.7 Å². The van der Waals surface area contributed by atoms with Gasteiger partial charge in [-0.25, -0.2) is 0 Å². The van der Waals surface area contributed by atoms with E-state index >= 15 is 0 Å². The molecule has 2 N–H and O–H groups in total. The zero-order valence-corrected chi connectivity index (χ0v) is 11.4. The lowest BCUT2D eigenvalue weighted by Gasteiger charge is -2.31. The summed E-state index contributed by atoms with van der Waals surface area (Å²) in [5.74, 6) is 0.0802. The number of hydrogen-bond acceptors (Lipinski definition) is 3. The summed E-state index contributed by atoms with van der Waals surface area (Å²) in [4.78, 5) is 28.7. The van der Waals surface area contributed by atoms with Gasteiger partial charge in [-0.05, 0) is 44.2 Å². The number of rotatable bonds is 2. The number of aromatic nitrogens is 1. The minimum absolute atomic E-state index is 0.173. The van der Waals surface area contributed by atoms with E-state index in [4.69, 9.17) is 5.11 Å². The van der Waals surface area contributed by atoms with Crippen LogP contribution in [0.1, 0.15) is 34.5 Å². The van der Waals surface area contributed by atoms with E-state index in [0.29, 0.717) is 13.1 Å². The molecular formula is C14H20N2O3.